The lowest BCUT2D eigenvalue weighted by atomic mass is 10.1. The van der Waals surface area contributed by atoms with Crippen LogP contribution in [0.3, 0.4) is 0 Å². The molecule has 0 spiro atoms. The van der Waals surface area contributed by atoms with Crippen molar-refractivity contribution in [3.05, 3.63) is 17.5 Å². The average Bonchev–Trinajstić information content (AvgIpc) is 2.53. The van der Waals surface area contributed by atoms with Gasteiger partial charge in [-0.15, -0.1) is 0 Å². The van der Waals surface area contributed by atoms with Crippen LogP contribution in [0.2, 0.25) is 0 Å². The van der Waals surface area contributed by atoms with E-state index in [0.29, 0.717) is 0 Å². The normalized spacial score (nSPS) is 10.8. The lowest BCUT2D eigenvalue weighted by Gasteiger charge is -1.98. The fraction of sp³-hybridized carbons (Fsp3) is 0.750. The standard InChI is InChI=1S/C12H22N2/c1-4-6-8-11-10-12(9-7-5-2)14(3)13-11/h10H,4-9H2,1-3H3. The van der Waals surface area contributed by atoms with Crippen LogP contribution >= 0.6 is 0 Å². The van der Waals surface area contributed by atoms with Crippen LogP contribution in [-0.2, 0) is 19.9 Å². The summed E-state index contributed by atoms with van der Waals surface area (Å²) in [6.07, 6.45) is 7.34. The lowest BCUT2D eigenvalue weighted by Crippen LogP contribution is -1.98. The maximum Gasteiger partial charge on any atom is 0.0627 e. The predicted molar refractivity (Wildman–Crippen MR) is 60.4 cm³/mol. The molecule has 0 N–H and O–H groups in total. The van der Waals surface area contributed by atoms with Crippen molar-refractivity contribution in [1.82, 2.24) is 9.78 Å². The molecule has 1 rings (SSSR count). The number of unbranched alkanes of at least 4 members (excludes halogenated alkanes) is 2. The van der Waals surface area contributed by atoms with Crippen molar-refractivity contribution >= 4 is 0 Å². The Kier molecular flexibility index (Phi) is 4.71. The summed E-state index contributed by atoms with van der Waals surface area (Å²) in [6, 6.07) is 2.27. The first-order valence-electron chi connectivity index (χ1n) is 5.79. The molecular weight excluding hydrogens is 172 g/mol. The second kappa shape index (κ2) is 5.84. The Morgan fingerprint density at radius 3 is 2.43 bits per heavy atom. The van der Waals surface area contributed by atoms with Gasteiger partial charge >= 0.3 is 0 Å². The molecule has 1 heterocycles. The van der Waals surface area contributed by atoms with Gasteiger partial charge in [-0.2, -0.15) is 5.10 Å². The van der Waals surface area contributed by atoms with Crippen molar-refractivity contribution in [2.75, 3.05) is 0 Å². The van der Waals surface area contributed by atoms with Gasteiger partial charge in [0.1, 0.15) is 0 Å². The zero-order chi connectivity index (χ0) is 10.4. The maximum atomic E-state index is 4.52. The molecular formula is C12H22N2. The Morgan fingerprint density at radius 2 is 1.79 bits per heavy atom. The monoisotopic (exact) mass is 194 g/mol. The molecule has 1 aromatic rings. The fourth-order valence-electron chi connectivity index (χ4n) is 1.64. The first-order chi connectivity index (χ1) is 6.77. The lowest BCUT2D eigenvalue weighted by molar-refractivity contribution is 0.662. The Hall–Kier alpha value is -0.790. The Labute approximate surface area is 87.3 Å². The number of hydrogen-bond donors (Lipinski definition) is 0. The van der Waals surface area contributed by atoms with Crippen molar-refractivity contribution in [3.8, 4) is 0 Å². The smallest absolute Gasteiger partial charge is 0.0627 e. The third-order valence-electron chi connectivity index (χ3n) is 2.60. The molecule has 1 aromatic heterocycles. The quantitative estimate of drug-likeness (QED) is 0.680. The van der Waals surface area contributed by atoms with Crippen LogP contribution < -0.4 is 0 Å². The summed E-state index contributed by atoms with van der Waals surface area (Å²) in [7, 11) is 2.06. The largest absolute Gasteiger partial charge is 0.272 e. The van der Waals surface area contributed by atoms with Crippen molar-refractivity contribution < 1.29 is 0 Å². The molecule has 80 valence electrons. The van der Waals surface area contributed by atoms with Crippen LogP contribution in [0.15, 0.2) is 6.07 Å². The van der Waals surface area contributed by atoms with Gasteiger partial charge in [0, 0.05) is 12.7 Å². The Bertz CT molecular complexity index is 263. The van der Waals surface area contributed by atoms with E-state index in [1.807, 2.05) is 4.68 Å². The number of aryl methyl sites for hydroxylation is 3. The van der Waals surface area contributed by atoms with E-state index in [-0.39, 0.29) is 0 Å². The SMILES string of the molecule is CCCCc1cc(CCCC)n(C)n1. The molecule has 0 aliphatic rings. The van der Waals surface area contributed by atoms with Crippen LogP contribution in [0.25, 0.3) is 0 Å². The van der Waals surface area contributed by atoms with Crippen LogP contribution in [0.5, 0.6) is 0 Å². The first kappa shape index (κ1) is 11.3. The summed E-state index contributed by atoms with van der Waals surface area (Å²) in [6.45, 7) is 4.45. The molecule has 0 bridgehead atoms. The van der Waals surface area contributed by atoms with E-state index >= 15 is 0 Å². The molecule has 2 nitrogen and oxygen atoms in total. The zero-order valence-electron chi connectivity index (χ0n) is 9.71. The maximum absolute atomic E-state index is 4.52. The van der Waals surface area contributed by atoms with E-state index in [2.05, 4.69) is 32.1 Å². The van der Waals surface area contributed by atoms with Crippen LogP contribution in [0.1, 0.15) is 50.9 Å². The number of nitrogens with zero attached hydrogens (tertiary/aromatic N) is 2. The van der Waals surface area contributed by atoms with E-state index in [9.17, 15) is 0 Å². The highest BCUT2D eigenvalue weighted by molar-refractivity contribution is 5.10. The van der Waals surface area contributed by atoms with E-state index in [0.717, 1.165) is 6.42 Å². The highest BCUT2D eigenvalue weighted by Gasteiger charge is 2.03. The van der Waals surface area contributed by atoms with Gasteiger partial charge in [-0.25, -0.2) is 0 Å². The van der Waals surface area contributed by atoms with Gasteiger partial charge in [0.2, 0.25) is 0 Å². The van der Waals surface area contributed by atoms with E-state index in [1.54, 1.807) is 0 Å². The molecule has 2 heteroatoms. The molecule has 0 amide bonds. The molecule has 14 heavy (non-hydrogen) atoms. The van der Waals surface area contributed by atoms with Crippen molar-refractivity contribution in [3.63, 3.8) is 0 Å². The molecule has 0 saturated heterocycles. The Balaban J connectivity index is 2.53. The third-order valence-corrected chi connectivity index (χ3v) is 2.60. The van der Waals surface area contributed by atoms with Crippen LogP contribution in [-0.4, -0.2) is 9.78 Å². The molecule has 0 saturated carbocycles. The van der Waals surface area contributed by atoms with Gasteiger partial charge in [-0.3, -0.25) is 4.68 Å². The van der Waals surface area contributed by atoms with E-state index < -0.39 is 0 Å². The van der Waals surface area contributed by atoms with Gasteiger partial charge in [0.25, 0.3) is 0 Å². The predicted octanol–water partition coefficient (Wildman–Crippen LogP) is 3.11. The first-order valence-corrected chi connectivity index (χ1v) is 5.79. The second-order valence-electron chi connectivity index (χ2n) is 3.96. The summed E-state index contributed by atoms with van der Waals surface area (Å²) in [5.74, 6) is 0. The van der Waals surface area contributed by atoms with Gasteiger partial charge in [0.15, 0.2) is 0 Å². The summed E-state index contributed by atoms with van der Waals surface area (Å²) in [5, 5.41) is 4.52. The minimum atomic E-state index is 1.14. The summed E-state index contributed by atoms with van der Waals surface area (Å²) in [4.78, 5) is 0. The van der Waals surface area contributed by atoms with Crippen molar-refractivity contribution in [2.45, 2.75) is 52.4 Å². The minimum Gasteiger partial charge on any atom is -0.272 e. The minimum absolute atomic E-state index is 1.14. The number of rotatable bonds is 6. The zero-order valence-corrected chi connectivity index (χ0v) is 9.71. The highest BCUT2D eigenvalue weighted by Crippen LogP contribution is 2.09. The van der Waals surface area contributed by atoms with Crippen LogP contribution in [0, 0.1) is 0 Å². The number of aromatic nitrogens is 2. The fourth-order valence-corrected chi connectivity index (χ4v) is 1.64. The van der Waals surface area contributed by atoms with Crippen LogP contribution in [0.4, 0.5) is 0 Å². The molecule has 0 unspecified atom stereocenters. The second-order valence-corrected chi connectivity index (χ2v) is 3.96. The molecule has 0 aliphatic heterocycles. The number of hydrogen-bond acceptors (Lipinski definition) is 1. The average molecular weight is 194 g/mol. The highest BCUT2D eigenvalue weighted by atomic mass is 15.3. The Morgan fingerprint density at radius 1 is 1.14 bits per heavy atom. The summed E-state index contributed by atoms with van der Waals surface area (Å²) < 4.78 is 2.04. The van der Waals surface area contributed by atoms with Crippen molar-refractivity contribution in [1.29, 1.82) is 0 Å². The van der Waals surface area contributed by atoms with E-state index in [1.165, 1.54) is 43.5 Å². The van der Waals surface area contributed by atoms with Gasteiger partial charge < -0.3 is 0 Å². The molecule has 0 atom stereocenters. The molecule has 0 radical (unpaired) electrons. The van der Waals surface area contributed by atoms with Gasteiger partial charge in [0.05, 0.1) is 5.69 Å². The van der Waals surface area contributed by atoms with Gasteiger partial charge in [-0.1, -0.05) is 26.7 Å². The van der Waals surface area contributed by atoms with E-state index in [4.69, 9.17) is 0 Å². The summed E-state index contributed by atoms with van der Waals surface area (Å²) >= 11 is 0. The van der Waals surface area contributed by atoms with Gasteiger partial charge in [-0.05, 0) is 31.7 Å². The van der Waals surface area contributed by atoms with Crippen molar-refractivity contribution in [2.24, 2.45) is 7.05 Å². The molecule has 0 aromatic carbocycles. The summed E-state index contributed by atoms with van der Waals surface area (Å²) in [5.41, 5.74) is 2.65. The topological polar surface area (TPSA) is 17.8 Å². The third kappa shape index (κ3) is 3.17. The molecule has 0 fully saturated rings. The molecule has 0 aliphatic carbocycles.